The zero-order valence-electron chi connectivity index (χ0n) is 33.1. The van der Waals surface area contributed by atoms with Crippen LogP contribution in [0.15, 0.2) is 243 Å². The first-order chi connectivity index (χ1) is 29.7. The van der Waals surface area contributed by atoms with Crippen LogP contribution < -0.4 is 9.80 Å². The van der Waals surface area contributed by atoms with Gasteiger partial charge in [-0.25, -0.2) is 0 Å². The molecule has 2 atom stereocenters. The van der Waals surface area contributed by atoms with Gasteiger partial charge in [-0.1, -0.05) is 176 Å². The van der Waals surface area contributed by atoms with Crippen molar-refractivity contribution < 1.29 is 0 Å². The van der Waals surface area contributed by atoms with Crippen LogP contribution in [-0.4, -0.2) is 6.04 Å². The van der Waals surface area contributed by atoms with Crippen LogP contribution in [0.1, 0.15) is 11.5 Å². The normalized spacial score (nSPS) is 15.2. The molecule has 1 aliphatic heterocycles. The van der Waals surface area contributed by atoms with Gasteiger partial charge in [-0.2, -0.15) is 0 Å². The highest BCUT2D eigenvalue weighted by Gasteiger charge is 2.37. The summed E-state index contributed by atoms with van der Waals surface area (Å²) in [5.41, 5.74) is 16.7. The smallest absolute Gasteiger partial charge is 0.0629 e. The van der Waals surface area contributed by atoms with E-state index in [0.717, 1.165) is 17.1 Å². The summed E-state index contributed by atoms with van der Waals surface area (Å²) in [4.78, 5) is 4.91. The highest BCUT2D eigenvalue weighted by molar-refractivity contribution is 5.93. The van der Waals surface area contributed by atoms with Gasteiger partial charge in [-0.3, -0.25) is 0 Å². The number of anilines is 5. The van der Waals surface area contributed by atoms with Gasteiger partial charge >= 0.3 is 0 Å². The summed E-state index contributed by atoms with van der Waals surface area (Å²) in [6.45, 7) is 0. The molecule has 2 heteroatoms. The molecule has 0 aromatic heterocycles. The molecule has 2 unspecified atom stereocenters. The summed E-state index contributed by atoms with van der Waals surface area (Å²) in [7, 11) is 0. The SMILES string of the molecule is C1=CC2c3cc4ccccc4cc3N(c3cccc(-c4ccc(N(c5ccccc5)c5ccc(-c6cccc(-c7ccccc7)c6)cc5)cc4-c4ccccc4)c3)C2C=C1. The van der Waals surface area contributed by atoms with Gasteiger partial charge in [0.1, 0.15) is 0 Å². The van der Waals surface area contributed by atoms with E-state index < -0.39 is 0 Å². The van der Waals surface area contributed by atoms with Gasteiger partial charge in [-0.05, 0) is 128 Å². The molecular formula is C58H42N2. The predicted molar refractivity (Wildman–Crippen MR) is 254 cm³/mol. The summed E-state index contributed by atoms with van der Waals surface area (Å²) in [6, 6.07) is 79.7. The Morgan fingerprint density at radius 3 is 1.67 bits per heavy atom. The third-order valence-electron chi connectivity index (χ3n) is 12.1. The number of benzene rings is 9. The van der Waals surface area contributed by atoms with Gasteiger partial charge in [0.2, 0.25) is 0 Å². The third kappa shape index (κ3) is 6.49. The van der Waals surface area contributed by atoms with Crippen LogP contribution in [0.25, 0.3) is 55.3 Å². The fraction of sp³-hybridized carbons (Fsp3) is 0.0345. The maximum atomic E-state index is 2.55. The van der Waals surface area contributed by atoms with Gasteiger partial charge < -0.3 is 9.80 Å². The van der Waals surface area contributed by atoms with Gasteiger partial charge in [-0.15, -0.1) is 0 Å². The summed E-state index contributed by atoms with van der Waals surface area (Å²) in [6.07, 6.45) is 9.12. The molecule has 60 heavy (non-hydrogen) atoms. The number of allylic oxidation sites excluding steroid dienone is 2. The van der Waals surface area contributed by atoms with Crippen molar-refractivity contribution in [2.75, 3.05) is 9.80 Å². The van der Waals surface area contributed by atoms with E-state index in [9.17, 15) is 0 Å². The summed E-state index contributed by atoms with van der Waals surface area (Å²) >= 11 is 0. The minimum atomic E-state index is 0.214. The molecule has 1 aliphatic carbocycles. The van der Waals surface area contributed by atoms with Crippen molar-refractivity contribution in [1.29, 1.82) is 0 Å². The van der Waals surface area contributed by atoms with Crippen molar-refractivity contribution in [3.05, 3.63) is 248 Å². The molecule has 9 aromatic carbocycles. The number of rotatable bonds is 8. The molecule has 2 aliphatic rings. The van der Waals surface area contributed by atoms with E-state index in [-0.39, 0.29) is 6.04 Å². The second-order valence-corrected chi connectivity index (χ2v) is 15.7. The Bertz CT molecular complexity index is 3040. The Morgan fingerprint density at radius 1 is 0.350 bits per heavy atom. The van der Waals surface area contributed by atoms with Crippen molar-refractivity contribution in [2.24, 2.45) is 0 Å². The molecule has 9 aromatic rings. The molecular weight excluding hydrogens is 725 g/mol. The minimum Gasteiger partial charge on any atom is -0.333 e. The van der Waals surface area contributed by atoms with Crippen LogP contribution in [0.5, 0.6) is 0 Å². The molecule has 0 spiro atoms. The molecule has 1 heterocycles. The Hall–Kier alpha value is -7.68. The molecule has 0 saturated heterocycles. The van der Waals surface area contributed by atoms with Crippen molar-refractivity contribution >= 4 is 39.2 Å². The van der Waals surface area contributed by atoms with Crippen LogP contribution in [0, 0.1) is 0 Å². The summed E-state index contributed by atoms with van der Waals surface area (Å²) in [5.74, 6) is 0.301. The van der Waals surface area contributed by atoms with Crippen LogP contribution in [0.2, 0.25) is 0 Å². The fourth-order valence-electron chi connectivity index (χ4n) is 9.26. The molecule has 2 nitrogen and oxygen atoms in total. The molecule has 0 radical (unpaired) electrons. The van der Waals surface area contributed by atoms with E-state index >= 15 is 0 Å². The Kier molecular flexibility index (Phi) is 9.02. The van der Waals surface area contributed by atoms with E-state index in [2.05, 4.69) is 252 Å². The average molecular weight is 767 g/mol. The van der Waals surface area contributed by atoms with Gasteiger partial charge in [0.15, 0.2) is 0 Å². The van der Waals surface area contributed by atoms with Crippen LogP contribution >= 0.6 is 0 Å². The molecule has 0 N–H and O–H groups in total. The molecule has 284 valence electrons. The largest absolute Gasteiger partial charge is 0.333 e. The number of nitrogens with zero attached hydrogens (tertiary/aromatic N) is 2. The number of fused-ring (bicyclic) bond motifs is 4. The number of para-hydroxylation sites is 1. The first-order valence-electron chi connectivity index (χ1n) is 20.8. The molecule has 0 fully saturated rings. The highest BCUT2D eigenvalue weighted by atomic mass is 15.2. The van der Waals surface area contributed by atoms with Crippen molar-refractivity contribution in [3.63, 3.8) is 0 Å². The molecule has 0 amide bonds. The lowest BCUT2D eigenvalue weighted by molar-refractivity contribution is 0.745. The van der Waals surface area contributed by atoms with Crippen molar-refractivity contribution in [2.45, 2.75) is 12.0 Å². The van der Waals surface area contributed by atoms with Gasteiger partial charge in [0, 0.05) is 34.4 Å². The monoisotopic (exact) mass is 766 g/mol. The Balaban J connectivity index is 0.998. The summed E-state index contributed by atoms with van der Waals surface area (Å²) < 4.78 is 0. The first-order valence-corrected chi connectivity index (χ1v) is 20.8. The maximum absolute atomic E-state index is 2.55. The Labute approximate surface area is 352 Å². The number of hydrogen-bond donors (Lipinski definition) is 0. The summed E-state index contributed by atoms with van der Waals surface area (Å²) in [5, 5.41) is 2.55. The lowest BCUT2D eigenvalue weighted by Crippen LogP contribution is -2.28. The van der Waals surface area contributed by atoms with E-state index in [1.165, 1.54) is 72.2 Å². The minimum absolute atomic E-state index is 0.214. The molecule has 0 bridgehead atoms. The van der Waals surface area contributed by atoms with E-state index in [0.29, 0.717) is 5.92 Å². The lowest BCUT2D eigenvalue weighted by Gasteiger charge is -2.29. The fourth-order valence-corrected chi connectivity index (χ4v) is 9.26. The van der Waals surface area contributed by atoms with Crippen LogP contribution in [0.3, 0.4) is 0 Å². The predicted octanol–water partition coefficient (Wildman–Crippen LogP) is 15.7. The van der Waals surface area contributed by atoms with Crippen LogP contribution in [-0.2, 0) is 0 Å². The quantitative estimate of drug-likeness (QED) is 0.152. The highest BCUT2D eigenvalue weighted by Crippen LogP contribution is 2.50. The average Bonchev–Trinajstić information content (AvgIpc) is 3.65. The van der Waals surface area contributed by atoms with Gasteiger partial charge in [0.25, 0.3) is 0 Å². The second kappa shape index (κ2) is 15.2. The third-order valence-corrected chi connectivity index (χ3v) is 12.1. The Morgan fingerprint density at radius 2 is 0.917 bits per heavy atom. The van der Waals surface area contributed by atoms with Gasteiger partial charge in [0.05, 0.1) is 6.04 Å². The molecule has 11 rings (SSSR count). The standard InChI is InChI=1S/C58H42N2/c1-4-16-41(17-5-1)44-22-14-23-45(36-44)42-30-32-50(33-31-42)59(49-25-8-3-9-26-49)52-34-35-53(55(40-52)43-18-6-2-7-19-43)48-24-15-27-51(37-48)60-57-29-13-12-28-54(57)56-38-46-20-10-11-21-47(46)39-58(56)60/h1-40,54,57H. The van der Waals surface area contributed by atoms with E-state index in [1.54, 1.807) is 0 Å². The van der Waals surface area contributed by atoms with Crippen LogP contribution in [0.4, 0.5) is 28.4 Å². The van der Waals surface area contributed by atoms with E-state index in [1.807, 2.05) is 0 Å². The topological polar surface area (TPSA) is 6.48 Å². The zero-order chi connectivity index (χ0) is 39.8. The molecule has 0 saturated carbocycles. The first kappa shape index (κ1) is 35.5. The number of hydrogen-bond acceptors (Lipinski definition) is 2. The maximum Gasteiger partial charge on any atom is 0.0629 e. The van der Waals surface area contributed by atoms with Crippen molar-refractivity contribution in [3.8, 4) is 44.5 Å². The van der Waals surface area contributed by atoms with Crippen molar-refractivity contribution in [1.82, 2.24) is 0 Å². The zero-order valence-corrected chi connectivity index (χ0v) is 33.1. The second-order valence-electron chi connectivity index (χ2n) is 15.7. The lowest BCUT2D eigenvalue weighted by atomic mass is 9.90. The van der Waals surface area contributed by atoms with E-state index in [4.69, 9.17) is 0 Å².